The first kappa shape index (κ1) is 17.7. The molecule has 1 heterocycles. The number of hydrogen-bond donors (Lipinski definition) is 1. The predicted molar refractivity (Wildman–Crippen MR) is 76.5 cm³/mol. The second kappa shape index (κ2) is 8.72. The molecule has 1 fully saturated rings. The largest absolute Gasteiger partial charge is 0.480 e. The molecule has 0 aromatic heterocycles. The van der Waals surface area contributed by atoms with Gasteiger partial charge in [-0.3, -0.25) is 14.5 Å². The van der Waals surface area contributed by atoms with Gasteiger partial charge in [0.05, 0.1) is 6.54 Å². The van der Waals surface area contributed by atoms with Crippen LogP contribution in [-0.2, 0) is 9.59 Å². The Kier molecular flexibility index (Phi) is 8.11. The number of carbonyl (C=O) groups excluding carboxylic acids is 1. The minimum absolute atomic E-state index is 0. The Morgan fingerprint density at radius 3 is 2.37 bits per heavy atom. The summed E-state index contributed by atoms with van der Waals surface area (Å²) in [5.41, 5.74) is 0. The molecule has 1 aliphatic heterocycles. The summed E-state index contributed by atoms with van der Waals surface area (Å²) in [6.45, 7) is 8.93. The van der Waals surface area contributed by atoms with Gasteiger partial charge in [0.2, 0.25) is 5.91 Å². The zero-order valence-corrected chi connectivity index (χ0v) is 11.8. The minimum Gasteiger partial charge on any atom is -0.480 e. The minimum atomic E-state index is -0.848. The molecule has 0 saturated carbocycles. The summed E-state index contributed by atoms with van der Waals surface area (Å²) in [5, 5.41) is 9.04. The average Bonchev–Trinajstić information content (AvgIpc) is 2.77. The van der Waals surface area contributed by atoms with E-state index in [2.05, 4.69) is 13.2 Å². The van der Waals surface area contributed by atoms with Crippen molar-refractivity contribution >= 4 is 24.3 Å². The van der Waals surface area contributed by atoms with Gasteiger partial charge >= 0.3 is 5.97 Å². The molecular weight excluding hydrogens is 268 g/mol. The van der Waals surface area contributed by atoms with Gasteiger partial charge in [-0.15, -0.1) is 25.6 Å². The van der Waals surface area contributed by atoms with Gasteiger partial charge in [-0.05, 0) is 19.4 Å². The van der Waals surface area contributed by atoms with E-state index in [1.165, 1.54) is 0 Å². The molecule has 0 aromatic carbocycles. The van der Waals surface area contributed by atoms with Crippen LogP contribution < -0.4 is 0 Å². The summed E-state index contributed by atoms with van der Waals surface area (Å²) < 4.78 is 0. The van der Waals surface area contributed by atoms with E-state index in [1.54, 1.807) is 22.0 Å². The molecule has 19 heavy (non-hydrogen) atoms. The lowest BCUT2D eigenvalue weighted by atomic mass is 10.2. The SMILES string of the molecule is C=CCN(CC=C)C(=O)CN1CCC[C@H]1C(=O)O.Cl. The van der Waals surface area contributed by atoms with Gasteiger partial charge < -0.3 is 10.0 Å². The Bertz CT molecular complexity index is 337. The third-order valence-electron chi connectivity index (χ3n) is 3.04. The number of amides is 1. The molecule has 1 N–H and O–H groups in total. The fourth-order valence-electron chi connectivity index (χ4n) is 2.16. The number of halogens is 1. The maximum Gasteiger partial charge on any atom is 0.320 e. The monoisotopic (exact) mass is 288 g/mol. The van der Waals surface area contributed by atoms with Gasteiger partial charge in [0, 0.05) is 13.1 Å². The molecule has 0 aromatic rings. The molecule has 0 bridgehead atoms. The predicted octanol–water partition coefficient (Wildman–Crippen LogP) is 1.16. The molecule has 1 saturated heterocycles. The van der Waals surface area contributed by atoms with E-state index in [9.17, 15) is 9.59 Å². The number of rotatable bonds is 7. The van der Waals surface area contributed by atoms with E-state index in [0.29, 0.717) is 26.1 Å². The molecule has 0 unspecified atom stereocenters. The van der Waals surface area contributed by atoms with Crippen molar-refractivity contribution in [2.75, 3.05) is 26.2 Å². The van der Waals surface area contributed by atoms with Crippen LogP contribution in [0.2, 0.25) is 0 Å². The standard InChI is InChI=1S/C13H20N2O3.ClH/c1-3-7-14(8-4-2)12(16)10-15-9-5-6-11(15)13(17)18;/h3-4,11H,1-2,5-10H2,(H,17,18);1H/t11-;/m0./s1. The summed E-state index contributed by atoms with van der Waals surface area (Å²) in [7, 11) is 0. The number of carbonyl (C=O) groups is 2. The highest BCUT2D eigenvalue weighted by atomic mass is 35.5. The number of nitrogens with zero attached hydrogens (tertiary/aromatic N) is 2. The third kappa shape index (κ3) is 5.04. The van der Waals surface area contributed by atoms with Gasteiger partial charge in [-0.2, -0.15) is 0 Å². The number of carboxylic acid groups (broad SMARTS) is 1. The van der Waals surface area contributed by atoms with E-state index < -0.39 is 12.0 Å². The van der Waals surface area contributed by atoms with Crippen LogP contribution in [0, 0.1) is 0 Å². The summed E-state index contributed by atoms with van der Waals surface area (Å²) >= 11 is 0. The van der Waals surface area contributed by atoms with Crippen molar-refractivity contribution < 1.29 is 14.7 Å². The normalized spacial score (nSPS) is 18.4. The molecule has 1 aliphatic rings. The molecule has 1 atom stereocenters. The van der Waals surface area contributed by atoms with Crippen molar-refractivity contribution in [3.8, 4) is 0 Å². The highest BCUT2D eigenvalue weighted by molar-refractivity contribution is 5.85. The number of hydrogen-bond acceptors (Lipinski definition) is 3. The van der Waals surface area contributed by atoms with Gasteiger partial charge in [-0.1, -0.05) is 12.2 Å². The fraction of sp³-hybridized carbons (Fsp3) is 0.538. The number of likely N-dealkylation sites (tertiary alicyclic amines) is 1. The van der Waals surface area contributed by atoms with Crippen LogP contribution in [-0.4, -0.2) is 59.0 Å². The highest BCUT2D eigenvalue weighted by Crippen LogP contribution is 2.17. The maximum absolute atomic E-state index is 12.0. The summed E-state index contributed by atoms with van der Waals surface area (Å²) in [4.78, 5) is 26.4. The topological polar surface area (TPSA) is 60.9 Å². The second-order valence-corrected chi connectivity index (χ2v) is 4.34. The van der Waals surface area contributed by atoms with Gasteiger partial charge in [0.1, 0.15) is 6.04 Å². The van der Waals surface area contributed by atoms with Crippen molar-refractivity contribution in [1.29, 1.82) is 0 Å². The molecule has 0 spiro atoms. The summed E-state index contributed by atoms with van der Waals surface area (Å²) in [5.74, 6) is -0.928. The average molecular weight is 289 g/mol. The molecule has 1 rings (SSSR count). The smallest absolute Gasteiger partial charge is 0.320 e. The van der Waals surface area contributed by atoms with Crippen LogP contribution >= 0.6 is 12.4 Å². The highest BCUT2D eigenvalue weighted by Gasteiger charge is 2.32. The zero-order valence-electron chi connectivity index (χ0n) is 11.0. The Hall–Kier alpha value is -1.33. The van der Waals surface area contributed by atoms with Crippen molar-refractivity contribution in [2.24, 2.45) is 0 Å². The molecule has 0 aliphatic carbocycles. The lowest BCUT2D eigenvalue weighted by molar-refractivity contribution is -0.143. The van der Waals surface area contributed by atoms with E-state index in [-0.39, 0.29) is 24.9 Å². The van der Waals surface area contributed by atoms with Gasteiger partial charge in [0.15, 0.2) is 0 Å². The van der Waals surface area contributed by atoms with Crippen LogP contribution in [0.4, 0.5) is 0 Å². The van der Waals surface area contributed by atoms with Crippen molar-refractivity contribution in [3.05, 3.63) is 25.3 Å². The molecule has 1 amide bonds. The van der Waals surface area contributed by atoms with Crippen molar-refractivity contribution in [2.45, 2.75) is 18.9 Å². The fourth-order valence-corrected chi connectivity index (χ4v) is 2.16. The first-order valence-electron chi connectivity index (χ1n) is 6.06. The zero-order chi connectivity index (χ0) is 13.5. The number of aliphatic carboxylic acids is 1. The summed E-state index contributed by atoms with van der Waals surface area (Å²) in [6.07, 6.45) is 4.75. The van der Waals surface area contributed by atoms with Crippen LogP contribution in [0.5, 0.6) is 0 Å². The first-order valence-corrected chi connectivity index (χ1v) is 6.06. The van der Waals surface area contributed by atoms with E-state index >= 15 is 0 Å². The van der Waals surface area contributed by atoms with Crippen LogP contribution in [0.3, 0.4) is 0 Å². The third-order valence-corrected chi connectivity index (χ3v) is 3.04. The Balaban J connectivity index is 0.00000324. The Morgan fingerprint density at radius 1 is 1.32 bits per heavy atom. The van der Waals surface area contributed by atoms with Crippen LogP contribution in [0.15, 0.2) is 25.3 Å². The van der Waals surface area contributed by atoms with E-state index in [0.717, 1.165) is 6.42 Å². The summed E-state index contributed by atoms with van der Waals surface area (Å²) in [6, 6.07) is -0.525. The maximum atomic E-state index is 12.0. The van der Waals surface area contributed by atoms with Crippen LogP contribution in [0.1, 0.15) is 12.8 Å². The first-order chi connectivity index (χ1) is 8.60. The van der Waals surface area contributed by atoms with Crippen molar-refractivity contribution in [1.82, 2.24) is 9.80 Å². The lowest BCUT2D eigenvalue weighted by Crippen LogP contribution is -2.44. The van der Waals surface area contributed by atoms with E-state index in [4.69, 9.17) is 5.11 Å². The molecule has 6 heteroatoms. The molecule has 5 nitrogen and oxygen atoms in total. The van der Waals surface area contributed by atoms with Gasteiger partial charge in [-0.25, -0.2) is 0 Å². The quantitative estimate of drug-likeness (QED) is 0.714. The second-order valence-electron chi connectivity index (χ2n) is 4.34. The molecular formula is C13H21ClN2O3. The Labute approximate surface area is 120 Å². The lowest BCUT2D eigenvalue weighted by Gasteiger charge is -2.25. The van der Waals surface area contributed by atoms with Gasteiger partial charge in [0.25, 0.3) is 0 Å². The molecule has 0 radical (unpaired) electrons. The van der Waals surface area contributed by atoms with Crippen LogP contribution in [0.25, 0.3) is 0 Å². The molecule has 108 valence electrons. The Morgan fingerprint density at radius 2 is 1.89 bits per heavy atom. The van der Waals surface area contributed by atoms with E-state index in [1.807, 2.05) is 0 Å². The number of carboxylic acids is 1. The van der Waals surface area contributed by atoms with Crippen molar-refractivity contribution in [3.63, 3.8) is 0 Å².